The summed E-state index contributed by atoms with van der Waals surface area (Å²) < 4.78 is 39.5. The summed E-state index contributed by atoms with van der Waals surface area (Å²) >= 11 is 0. The van der Waals surface area contributed by atoms with E-state index in [0.717, 1.165) is 0 Å². The standard InChI is InChI=1S/C15H18F3N3O2/c16-11-6-10(7-12(17)13(11)18)15(23)21-5-1-2-9(8-21)14(22)20-4-3-19/h6-7,9H,1-5,8,19H2,(H,20,22). The van der Waals surface area contributed by atoms with Crippen LogP contribution in [-0.4, -0.2) is 42.9 Å². The Kier molecular flexibility index (Phi) is 5.59. The molecule has 1 saturated heterocycles. The van der Waals surface area contributed by atoms with Crippen molar-refractivity contribution in [2.45, 2.75) is 12.8 Å². The van der Waals surface area contributed by atoms with E-state index in [-0.39, 0.29) is 18.0 Å². The summed E-state index contributed by atoms with van der Waals surface area (Å²) in [5.41, 5.74) is 5.04. The molecule has 1 unspecified atom stereocenters. The molecule has 0 aromatic heterocycles. The molecular weight excluding hydrogens is 311 g/mol. The third-order valence-corrected chi connectivity index (χ3v) is 3.75. The molecule has 2 amide bonds. The normalized spacial score (nSPS) is 17.9. The number of nitrogens with one attached hydrogen (secondary N) is 1. The summed E-state index contributed by atoms with van der Waals surface area (Å²) in [5.74, 6) is -5.66. The number of benzene rings is 1. The summed E-state index contributed by atoms with van der Waals surface area (Å²) in [5, 5.41) is 2.66. The minimum absolute atomic E-state index is 0.149. The van der Waals surface area contributed by atoms with E-state index in [1.165, 1.54) is 4.90 Å². The molecule has 1 fully saturated rings. The number of halogens is 3. The van der Waals surface area contributed by atoms with Gasteiger partial charge in [-0.3, -0.25) is 9.59 Å². The number of likely N-dealkylation sites (tertiary alicyclic amines) is 1. The van der Waals surface area contributed by atoms with Gasteiger partial charge in [-0.1, -0.05) is 0 Å². The van der Waals surface area contributed by atoms with Crippen LogP contribution in [0.1, 0.15) is 23.2 Å². The Morgan fingerprint density at radius 2 is 1.91 bits per heavy atom. The fourth-order valence-electron chi connectivity index (χ4n) is 2.58. The Morgan fingerprint density at radius 1 is 1.26 bits per heavy atom. The van der Waals surface area contributed by atoms with Gasteiger partial charge in [-0.2, -0.15) is 0 Å². The minimum Gasteiger partial charge on any atom is -0.355 e. The molecule has 1 aliphatic rings. The van der Waals surface area contributed by atoms with E-state index in [2.05, 4.69) is 5.32 Å². The Hall–Kier alpha value is -2.09. The van der Waals surface area contributed by atoms with E-state index >= 15 is 0 Å². The topological polar surface area (TPSA) is 75.4 Å². The summed E-state index contributed by atoms with van der Waals surface area (Å²) in [7, 11) is 0. The predicted molar refractivity (Wildman–Crippen MR) is 77.0 cm³/mol. The zero-order chi connectivity index (χ0) is 17.0. The molecule has 8 heteroatoms. The number of carbonyl (C=O) groups excluding carboxylic acids is 2. The van der Waals surface area contributed by atoms with Crippen molar-refractivity contribution in [3.63, 3.8) is 0 Å². The average molecular weight is 329 g/mol. The summed E-state index contributed by atoms with van der Waals surface area (Å²) in [6.45, 7) is 1.18. The fraction of sp³-hybridized carbons (Fsp3) is 0.467. The van der Waals surface area contributed by atoms with Crippen LogP contribution in [0.4, 0.5) is 13.2 Å². The van der Waals surface area contributed by atoms with Crippen molar-refractivity contribution in [3.05, 3.63) is 35.1 Å². The van der Waals surface area contributed by atoms with Crippen molar-refractivity contribution in [3.8, 4) is 0 Å². The van der Waals surface area contributed by atoms with E-state index in [9.17, 15) is 22.8 Å². The van der Waals surface area contributed by atoms with Gasteiger partial charge in [0.2, 0.25) is 5.91 Å². The first-order chi connectivity index (χ1) is 10.9. The monoisotopic (exact) mass is 329 g/mol. The second-order valence-electron chi connectivity index (χ2n) is 5.42. The van der Waals surface area contributed by atoms with Crippen LogP contribution >= 0.6 is 0 Å². The van der Waals surface area contributed by atoms with Gasteiger partial charge in [-0.05, 0) is 25.0 Å². The lowest BCUT2D eigenvalue weighted by Gasteiger charge is -2.32. The van der Waals surface area contributed by atoms with E-state index in [1.807, 2.05) is 0 Å². The van der Waals surface area contributed by atoms with Crippen LogP contribution in [0, 0.1) is 23.4 Å². The smallest absolute Gasteiger partial charge is 0.254 e. The number of nitrogens with two attached hydrogens (primary N) is 1. The molecule has 1 heterocycles. The maximum absolute atomic E-state index is 13.3. The molecule has 23 heavy (non-hydrogen) atoms. The van der Waals surface area contributed by atoms with E-state index in [1.54, 1.807) is 0 Å². The molecule has 0 saturated carbocycles. The molecule has 1 aromatic rings. The number of hydrogen-bond acceptors (Lipinski definition) is 3. The van der Waals surface area contributed by atoms with Gasteiger partial charge >= 0.3 is 0 Å². The second kappa shape index (κ2) is 7.45. The van der Waals surface area contributed by atoms with Crippen LogP contribution in [0.5, 0.6) is 0 Å². The molecule has 1 aliphatic heterocycles. The third kappa shape index (κ3) is 4.01. The predicted octanol–water partition coefficient (Wildman–Crippen LogP) is 1.03. The van der Waals surface area contributed by atoms with E-state index in [4.69, 9.17) is 5.73 Å². The summed E-state index contributed by atoms with van der Waals surface area (Å²) in [4.78, 5) is 25.6. The number of rotatable bonds is 4. The van der Waals surface area contributed by atoms with E-state index < -0.39 is 29.3 Å². The maximum Gasteiger partial charge on any atom is 0.254 e. The highest BCUT2D eigenvalue weighted by Crippen LogP contribution is 2.21. The number of nitrogens with zero attached hydrogens (tertiary/aromatic N) is 1. The fourth-order valence-corrected chi connectivity index (χ4v) is 2.58. The first-order valence-electron chi connectivity index (χ1n) is 7.35. The lowest BCUT2D eigenvalue weighted by molar-refractivity contribution is -0.126. The Labute approximate surface area is 131 Å². The zero-order valence-electron chi connectivity index (χ0n) is 12.4. The van der Waals surface area contributed by atoms with Gasteiger partial charge in [0, 0.05) is 31.7 Å². The molecule has 0 radical (unpaired) electrons. The highest BCUT2D eigenvalue weighted by molar-refractivity contribution is 5.94. The highest BCUT2D eigenvalue weighted by atomic mass is 19.2. The van der Waals surface area contributed by atoms with Crippen LogP contribution < -0.4 is 11.1 Å². The van der Waals surface area contributed by atoms with Crippen LogP contribution in [-0.2, 0) is 4.79 Å². The zero-order valence-corrected chi connectivity index (χ0v) is 12.4. The van der Waals surface area contributed by atoms with Gasteiger partial charge in [0.1, 0.15) is 0 Å². The summed E-state index contributed by atoms with van der Waals surface area (Å²) in [6, 6.07) is 1.33. The third-order valence-electron chi connectivity index (χ3n) is 3.75. The Morgan fingerprint density at radius 3 is 2.52 bits per heavy atom. The Bertz CT molecular complexity index is 587. The van der Waals surface area contributed by atoms with Gasteiger partial charge in [0.05, 0.1) is 5.92 Å². The SMILES string of the molecule is NCCNC(=O)C1CCCN(C(=O)c2cc(F)c(F)c(F)c2)C1. The lowest BCUT2D eigenvalue weighted by Crippen LogP contribution is -2.46. The minimum atomic E-state index is -1.61. The number of carbonyl (C=O) groups is 2. The summed E-state index contributed by atoms with van der Waals surface area (Å²) in [6.07, 6.45) is 1.21. The van der Waals surface area contributed by atoms with Crippen molar-refractivity contribution in [1.82, 2.24) is 10.2 Å². The van der Waals surface area contributed by atoms with Crippen molar-refractivity contribution in [1.29, 1.82) is 0 Å². The first kappa shape index (κ1) is 17.3. The number of amides is 2. The van der Waals surface area contributed by atoms with Crippen molar-refractivity contribution in [2.75, 3.05) is 26.2 Å². The first-order valence-corrected chi connectivity index (χ1v) is 7.35. The molecule has 5 nitrogen and oxygen atoms in total. The van der Waals surface area contributed by atoms with Gasteiger partial charge in [-0.25, -0.2) is 13.2 Å². The molecule has 3 N–H and O–H groups in total. The second-order valence-corrected chi connectivity index (χ2v) is 5.42. The van der Waals surface area contributed by atoms with Gasteiger partial charge < -0.3 is 16.0 Å². The van der Waals surface area contributed by atoms with Gasteiger partial charge in [0.15, 0.2) is 17.5 Å². The average Bonchev–Trinajstić information content (AvgIpc) is 2.56. The molecule has 0 aliphatic carbocycles. The molecule has 1 aromatic carbocycles. The van der Waals surface area contributed by atoms with Crippen LogP contribution in [0.25, 0.3) is 0 Å². The Balaban J connectivity index is 2.09. The largest absolute Gasteiger partial charge is 0.355 e. The van der Waals surface area contributed by atoms with E-state index in [0.29, 0.717) is 44.6 Å². The molecule has 0 spiro atoms. The lowest BCUT2D eigenvalue weighted by atomic mass is 9.96. The number of piperidine rings is 1. The maximum atomic E-state index is 13.3. The quantitative estimate of drug-likeness (QED) is 0.810. The van der Waals surface area contributed by atoms with Crippen molar-refractivity contribution < 1.29 is 22.8 Å². The van der Waals surface area contributed by atoms with Crippen LogP contribution in [0.2, 0.25) is 0 Å². The van der Waals surface area contributed by atoms with Crippen LogP contribution in [0.15, 0.2) is 12.1 Å². The highest BCUT2D eigenvalue weighted by Gasteiger charge is 2.29. The van der Waals surface area contributed by atoms with Gasteiger partial charge in [-0.15, -0.1) is 0 Å². The molecule has 126 valence electrons. The molecule has 2 rings (SSSR count). The van der Waals surface area contributed by atoms with Crippen molar-refractivity contribution >= 4 is 11.8 Å². The molecule has 1 atom stereocenters. The number of hydrogen-bond donors (Lipinski definition) is 2. The molecular formula is C15H18F3N3O2. The van der Waals surface area contributed by atoms with Crippen molar-refractivity contribution in [2.24, 2.45) is 11.7 Å². The molecule has 0 bridgehead atoms. The van der Waals surface area contributed by atoms with Gasteiger partial charge in [0.25, 0.3) is 5.91 Å². The van der Waals surface area contributed by atoms with Crippen LogP contribution in [0.3, 0.4) is 0 Å².